The van der Waals surface area contributed by atoms with Crippen molar-refractivity contribution in [1.82, 2.24) is 4.90 Å². The lowest BCUT2D eigenvalue weighted by Gasteiger charge is -2.09. The minimum atomic E-state index is -0.0380. The highest BCUT2D eigenvalue weighted by molar-refractivity contribution is 14.1. The molecule has 1 fully saturated rings. The SMILES string of the molecule is CCN1C(=O)/C(=C\c2ccc(I)o2)SC1=S. The molecule has 0 saturated carbocycles. The summed E-state index contributed by atoms with van der Waals surface area (Å²) in [6, 6.07) is 3.69. The van der Waals surface area contributed by atoms with E-state index >= 15 is 0 Å². The number of nitrogens with zero attached hydrogens (tertiary/aromatic N) is 1. The highest BCUT2D eigenvalue weighted by atomic mass is 127. The molecule has 2 heterocycles. The van der Waals surface area contributed by atoms with Gasteiger partial charge in [0, 0.05) is 12.6 Å². The van der Waals surface area contributed by atoms with E-state index in [1.807, 2.05) is 19.1 Å². The third-order valence-corrected chi connectivity index (χ3v) is 4.01. The number of furan rings is 1. The molecule has 0 N–H and O–H groups in total. The number of likely N-dealkylation sites (N-methyl/N-ethyl adjacent to an activating group) is 1. The van der Waals surface area contributed by atoms with Gasteiger partial charge in [-0.05, 0) is 41.6 Å². The molecule has 0 spiro atoms. The van der Waals surface area contributed by atoms with Crippen LogP contribution in [0.3, 0.4) is 0 Å². The lowest BCUT2D eigenvalue weighted by Crippen LogP contribution is -2.27. The third-order valence-electron chi connectivity index (χ3n) is 2.06. The van der Waals surface area contributed by atoms with Gasteiger partial charge in [0.15, 0.2) is 3.77 Å². The van der Waals surface area contributed by atoms with Gasteiger partial charge in [-0.2, -0.15) is 0 Å². The lowest BCUT2D eigenvalue weighted by molar-refractivity contribution is -0.121. The maximum Gasteiger partial charge on any atom is 0.266 e. The van der Waals surface area contributed by atoms with Crippen LogP contribution in [0.5, 0.6) is 0 Å². The van der Waals surface area contributed by atoms with Gasteiger partial charge in [-0.3, -0.25) is 9.69 Å². The predicted octanol–water partition coefficient (Wildman–Crippen LogP) is 3.11. The van der Waals surface area contributed by atoms with Gasteiger partial charge in [-0.25, -0.2) is 0 Å². The van der Waals surface area contributed by atoms with E-state index < -0.39 is 0 Å². The number of rotatable bonds is 2. The smallest absolute Gasteiger partial charge is 0.266 e. The molecule has 1 saturated heterocycles. The van der Waals surface area contributed by atoms with Crippen LogP contribution >= 0.6 is 46.6 Å². The predicted molar refractivity (Wildman–Crippen MR) is 77.0 cm³/mol. The van der Waals surface area contributed by atoms with Crippen LogP contribution in [0.1, 0.15) is 12.7 Å². The van der Waals surface area contributed by atoms with Crippen molar-refractivity contribution in [3.63, 3.8) is 0 Å². The molecular weight excluding hydrogens is 357 g/mol. The lowest BCUT2D eigenvalue weighted by atomic mass is 10.3. The average molecular weight is 365 g/mol. The number of carbonyl (C=O) groups is 1. The zero-order chi connectivity index (χ0) is 11.7. The Balaban J connectivity index is 2.27. The van der Waals surface area contributed by atoms with Crippen LogP contribution in [0.2, 0.25) is 0 Å². The van der Waals surface area contributed by atoms with E-state index in [2.05, 4.69) is 22.6 Å². The van der Waals surface area contributed by atoms with Crippen molar-refractivity contribution in [1.29, 1.82) is 0 Å². The maximum absolute atomic E-state index is 11.9. The normalized spacial score (nSPS) is 18.9. The fraction of sp³-hybridized carbons (Fsp3) is 0.200. The van der Waals surface area contributed by atoms with Gasteiger partial charge in [0.1, 0.15) is 10.1 Å². The van der Waals surface area contributed by atoms with Crippen molar-refractivity contribution in [2.24, 2.45) is 0 Å². The Morgan fingerprint density at radius 1 is 1.62 bits per heavy atom. The summed E-state index contributed by atoms with van der Waals surface area (Å²) in [5.74, 6) is 0.643. The molecule has 0 atom stereocenters. The summed E-state index contributed by atoms with van der Waals surface area (Å²) < 4.78 is 6.79. The highest BCUT2D eigenvalue weighted by Gasteiger charge is 2.30. The first-order valence-electron chi connectivity index (χ1n) is 4.62. The van der Waals surface area contributed by atoms with E-state index in [1.54, 1.807) is 11.0 Å². The van der Waals surface area contributed by atoms with Crippen molar-refractivity contribution in [3.05, 3.63) is 26.6 Å². The Bertz CT molecular complexity index is 481. The molecule has 1 aromatic heterocycles. The molecule has 2 rings (SSSR count). The number of thiocarbonyl (C=S) groups is 1. The van der Waals surface area contributed by atoms with E-state index in [0.29, 0.717) is 21.5 Å². The summed E-state index contributed by atoms with van der Waals surface area (Å²) in [7, 11) is 0. The largest absolute Gasteiger partial charge is 0.451 e. The molecule has 1 amide bonds. The molecule has 16 heavy (non-hydrogen) atoms. The number of thioether (sulfide) groups is 1. The van der Waals surface area contributed by atoms with Crippen molar-refractivity contribution >= 4 is 62.9 Å². The standard InChI is InChI=1S/C10H8INO2S2/c1-2-12-9(13)7(16-10(12)15)5-6-3-4-8(11)14-6/h3-5H,2H2,1H3/b7-5+. The van der Waals surface area contributed by atoms with Crippen LogP contribution in [0.25, 0.3) is 6.08 Å². The molecule has 1 aliphatic heterocycles. The minimum Gasteiger partial charge on any atom is -0.451 e. The summed E-state index contributed by atoms with van der Waals surface area (Å²) in [6.45, 7) is 2.52. The number of halogens is 1. The second kappa shape index (κ2) is 4.89. The molecular formula is C10H8INO2S2. The summed E-state index contributed by atoms with van der Waals surface area (Å²) in [4.78, 5) is 14.1. The van der Waals surface area contributed by atoms with Gasteiger partial charge in [0.05, 0.1) is 4.91 Å². The first-order valence-corrected chi connectivity index (χ1v) is 6.93. The summed E-state index contributed by atoms with van der Waals surface area (Å²) in [5, 5.41) is 0. The fourth-order valence-electron chi connectivity index (χ4n) is 1.31. The number of amides is 1. The van der Waals surface area contributed by atoms with E-state index in [4.69, 9.17) is 16.6 Å². The van der Waals surface area contributed by atoms with Crippen molar-refractivity contribution in [3.8, 4) is 0 Å². The Hall–Kier alpha value is -0.340. The molecule has 1 aliphatic rings. The first-order chi connectivity index (χ1) is 7.61. The van der Waals surface area contributed by atoms with E-state index in [0.717, 1.165) is 3.77 Å². The van der Waals surface area contributed by atoms with Crippen molar-refractivity contribution in [2.75, 3.05) is 6.54 Å². The van der Waals surface area contributed by atoms with Gasteiger partial charge in [-0.15, -0.1) is 0 Å². The second-order valence-electron chi connectivity index (χ2n) is 3.07. The molecule has 6 heteroatoms. The molecule has 0 bridgehead atoms. The molecule has 0 aromatic carbocycles. The van der Waals surface area contributed by atoms with Crippen molar-refractivity contribution in [2.45, 2.75) is 6.92 Å². The Kier molecular flexibility index (Phi) is 3.70. The molecule has 1 aromatic rings. The van der Waals surface area contributed by atoms with Crippen molar-refractivity contribution < 1.29 is 9.21 Å². The van der Waals surface area contributed by atoms with Crippen LogP contribution in [-0.4, -0.2) is 21.7 Å². The monoisotopic (exact) mass is 365 g/mol. The Morgan fingerprint density at radius 3 is 2.88 bits per heavy atom. The summed E-state index contributed by atoms with van der Waals surface area (Å²) in [5.41, 5.74) is 0. The van der Waals surface area contributed by atoms with Gasteiger partial charge >= 0.3 is 0 Å². The Morgan fingerprint density at radius 2 is 2.38 bits per heavy atom. The highest BCUT2D eigenvalue weighted by Crippen LogP contribution is 2.32. The van der Waals surface area contributed by atoms with Crippen LogP contribution in [-0.2, 0) is 4.79 Å². The van der Waals surface area contributed by atoms with Gasteiger partial charge < -0.3 is 4.42 Å². The number of hydrogen-bond acceptors (Lipinski definition) is 4. The topological polar surface area (TPSA) is 33.5 Å². The summed E-state index contributed by atoms with van der Waals surface area (Å²) in [6.07, 6.45) is 1.73. The van der Waals surface area contributed by atoms with Gasteiger partial charge in [-0.1, -0.05) is 24.0 Å². The van der Waals surface area contributed by atoms with Gasteiger partial charge in [0.2, 0.25) is 0 Å². The van der Waals surface area contributed by atoms with E-state index in [9.17, 15) is 4.79 Å². The van der Waals surface area contributed by atoms with Crippen LogP contribution < -0.4 is 0 Å². The zero-order valence-corrected chi connectivity index (χ0v) is 12.2. The average Bonchev–Trinajstić information content (AvgIpc) is 2.74. The van der Waals surface area contributed by atoms with Crippen LogP contribution in [0.15, 0.2) is 21.5 Å². The number of carbonyl (C=O) groups excluding carboxylic acids is 1. The van der Waals surface area contributed by atoms with E-state index in [1.165, 1.54) is 11.8 Å². The second-order valence-corrected chi connectivity index (χ2v) is 5.81. The van der Waals surface area contributed by atoms with Crippen LogP contribution in [0, 0.1) is 3.77 Å². The molecule has 3 nitrogen and oxygen atoms in total. The molecule has 0 radical (unpaired) electrons. The quantitative estimate of drug-likeness (QED) is 0.458. The molecule has 84 valence electrons. The number of hydrogen-bond donors (Lipinski definition) is 0. The van der Waals surface area contributed by atoms with Crippen LogP contribution in [0.4, 0.5) is 0 Å². The minimum absolute atomic E-state index is 0.0380. The zero-order valence-electron chi connectivity index (χ0n) is 8.40. The summed E-state index contributed by atoms with van der Waals surface area (Å²) >= 11 is 8.51. The Labute approximate surface area is 116 Å². The molecule has 0 unspecified atom stereocenters. The van der Waals surface area contributed by atoms with Gasteiger partial charge in [0.25, 0.3) is 5.91 Å². The van der Waals surface area contributed by atoms with E-state index in [-0.39, 0.29) is 5.91 Å². The maximum atomic E-state index is 11.9. The fourth-order valence-corrected chi connectivity index (χ4v) is 3.11. The first kappa shape index (κ1) is 12.1. The third kappa shape index (κ3) is 2.33. The molecule has 0 aliphatic carbocycles.